The first-order valence-corrected chi connectivity index (χ1v) is 11.5. The number of nitrogen functional groups attached to an aromatic ring is 1. The van der Waals surface area contributed by atoms with Crippen molar-refractivity contribution in [3.63, 3.8) is 0 Å². The number of esters is 3. The smallest absolute Gasteiger partial charge is 0.308 e. The van der Waals surface area contributed by atoms with Crippen molar-refractivity contribution >= 4 is 29.2 Å². The SMILES string of the molecule is [2H]C([2H])(OC(=O)C(C)C)[C@H]1O[C@@](C#N)(c2ccc3c(N)ncnn23)[C@H](OC(=O)C(C)C)[C@@H]1OC(=O)C(C)C. The Hall–Kier alpha value is -3.72. The molecule has 3 heterocycles. The van der Waals surface area contributed by atoms with Crippen LogP contribution < -0.4 is 5.73 Å². The quantitative estimate of drug-likeness (QED) is 0.411. The Balaban J connectivity index is 2.27. The number of carbonyl (C=O) groups excluding carboxylic acids is 3. The highest BCUT2D eigenvalue weighted by Gasteiger charge is 2.63. The number of ether oxygens (including phenoxy) is 4. The second kappa shape index (κ2) is 10.5. The molecule has 3 rings (SSSR count). The zero-order valence-electron chi connectivity index (χ0n) is 22.9. The lowest BCUT2D eigenvalue weighted by atomic mass is 9.91. The average molecular weight is 504 g/mol. The van der Waals surface area contributed by atoms with Crippen molar-refractivity contribution in [2.24, 2.45) is 17.8 Å². The van der Waals surface area contributed by atoms with E-state index in [0.717, 1.165) is 6.33 Å². The van der Waals surface area contributed by atoms with Crippen LogP contribution in [0.3, 0.4) is 0 Å². The molecule has 0 amide bonds. The molecule has 1 fully saturated rings. The number of nitrogens with zero attached hydrogens (tertiary/aromatic N) is 4. The topological polar surface area (TPSA) is 168 Å². The molecule has 4 atom stereocenters. The highest BCUT2D eigenvalue weighted by molar-refractivity contribution is 5.74. The first-order valence-electron chi connectivity index (χ1n) is 12.5. The summed E-state index contributed by atoms with van der Waals surface area (Å²) < 4.78 is 40.8. The maximum atomic E-state index is 12.8. The second-order valence-corrected chi connectivity index (χ2v) is 9.31. The highest BCUT2D eigenvalue weighted by atomic mass is 16.7. The molecule has 2 aromatic heterocycles. The van der Waals surface area contributed by atoms with Gasteiger partial charge in [0.15, 0.2) is 18.0 Å². The Morgan fingerprint density at radius 3 is 2.33 bits per heavy atom. The molecule has 194 valence electrons. The van der Waals surface area contributed by atoms with E-state index in [-0.39, 0.29) is 11.5 Å². The van der Waals surface area contributed by atoms with Crippen molar-refractivity contribution < 1.29 is 36.1 Å². The first-order chi connectivity index (χ1) is 17.7. The molecule has 12 nitrogen and oxygen atoms in total. The van der Waals surface area contributed by atoms with E-state index in [9.17, 15) is 19.6 Å². The van der Waals surface area contributed by atoms with E-state index in [4.69, 9.17) is 27.4 Å². The molecule has 1 saturated heterocycles. The van der Waals surface area contributed by atoms with Gasteiger partial charge in [0.2, 0.25) is 5.60 Å². The molecular weight excluding hydrogens is 470 g/mol. The summed E-state index contributed by atoms with van der Waals surface area (Å²) in [6.45, 7) is 6.32. The van der Waals surface area contributed by atoms with Gasteiger partial charge in [0, 0.05) is 0 Å². The molecule has 0 radical (unpaired) electrons. The average Bonchev–Trinajstić information content (AvgIpc) is 3.40. The molecule has 0 aromatic carbocycles. The lowest BCUT2D eigenvalue weighted by Crippen LogP contribution is -2.47. The largest absolute Gasteiger partial charge is 0.463 e. The number of anilines is 1. The van der Waals surface area contributed by atoms with Crippen LogP contribution in [0.15, 0.2) is 18.5 Å². The molecule has 0 spiro atoms. The maximum Gasteiger partial charge on any atom is 0.308 e. The van der Waals surface area contributed by atoms with Gasteiger partial charge in [-0.3, -0.25) is 14.4 Å². The molecule has 12 heteroatoms. The fourth-order valence-corrected chi connectivity index (χ4v) is 3.44. The van der Waals surface area contributed by atoms with Crippen LogP contribution >= 0.6 is 0 Å². The van der Waals surface area contributed by atoms with Gasteiger partial charge in [0.05, 0.1) is 26.2 Å². The Bertz CT molecular complexity index is 1270. The third-order valence-electron chi connectivity index (χ3n) is 5.52. The molecule has 0 aliphatic carbocycles. The molecule has 1 aliphatic rings. The van der Waals surface area contributed by atoms with Gasteiger partial charge in [-0.1, -0.05) is 41.5 Å². The lowest BCUT2D eigenvalue weighted by Gasteiger charge is -2.29. The van der Waals surface area contributed by atoms with Crippen LogP contribution in [0.5, 0.6) is 0 Å². The van der Waals surface area contributed by atoms with Gasteiger partial charge >= 0.3 is 17.9 Å². The fraction of sp³-hybridized carbons (Fsp3) is 0.583. The Kier molecular flexibility index (Phi) is 6.99. The Morgan fingerprint density at radius 2 is 1.75 bits per heavy atom. The zero-order valence-corrected chi connectivity index (χ0v) is 20.9. The van der Waals surface area contributed by atoms with Crippen molar-refractivity contribution in [1.29, 1.82) is 5.26 Å². The van der Waals surface area contributed by atoms with Crippen molar-refractivity contribution in [2.45, 2.75) is 65.5 Å². The molecule has 1 aliphatic heterocycles. The Morgan fingerprint density at radius 1 is 1.14 bits per heavy atom. The summed E-state index contributed by atoms with van der Waals surface area (Å²) in [6.07, 6.45) is -4.11. The minimum Gasteiger partial charge on any atom is -0.463 e. The molecule has 36 heavy (non-hydrogen) atoms. The van der Waals surface area contributed by atoms with E-state index in [1.54, 1.807) is 27.7 Å². The van der Waals surface area contributed by atoms with Crippen LogP contribution in [0.25, 0.3) is 5.52 Å². The summed E-state index contributed by atoms with van der Waals surface area (Å²) in [7, 11) is 0. The van der Waals surface area contributed by atoms with Crippen LogP contribution in [0.1, 0.15) is 50.0 Å². The van der Waals surface area contributed by atoms with Crippen LogP contribution in [0, 0.1) is 29.1 Å². The van der Waals surface area contributed by atoms with Crippen LogP contribution in [0.4, 0.5) is 5.82 Å². The number of rotatable bonds is 8. The second-order valence-electron chi connectivity index (χ2n) is 9.31. The van der Waals surface area contributed by atoms with E-state index in [2.05, 4.69) is 10.1 Å². The van der Waals surface area contributed by atoms with Crippen molar-refractivity contribution in [3.8, 4) is 6.07 Å². The van der Waals surface area contributed by atoms with Crippen molar-refractivity contribution in [3.05, 3.63) is 24.2 Å². The lowest BCUT2D eigenvalue weighted by molar-refractivity contribution is -0.174. The minimum atomic E-state index is -2.91. The van der Waals surface area contributed by atoms with Gasteiger partial charge in [0.1, 0.15) is 30.6 Å². The van der Waals surface area contributed by atoms with E-state index >= 15 is 0 Å². The summed E-state index contributed by atoms with van der Waals surface area (Å²) in [5, 5.41) is 14.7. The van der Waals surface area contributed by atoms with E-state index in [0.29, 0.717) is 5.52 Å². The molecule has 2 aromatic rings. The summed E-state index contributed by atoms with van der Waals surface area (Å²) in [4.78, 5) is 41.8. The normalized spacial score (nSPS) is 24.9. The molecular formula is C24H31N5O7. The summed E-state index contributed by atoms with van der Waals surface area (Å²) in [5.74, 6) is -4.39. The first kappa shape index (κ1) is 24.0. The summed E-state index contributed by atoms with van der Waals surface area (Å²) in [5.41, 5.74) is 3.98. The van der Waals surface area contributed by atoms with Gasteiger partial charge in [-0.2, -0.15) is 10.4 Å². The van der Waals surface area contributed by atoms with Gasteiger partial charge in [-0.25, -0.2) is 9.50 Å². The van der Waals surface area contributed by atoms with Gasteiger partial charge in [0.25, 0.3) is 0 Å². The van der Waals surface area contributed by atoms with E-state index in [1.807, 2.05) is 6.07 Å². The number of aromatic nitrogens is 3. The molecule has 0 saturated carbocycles. The van der Waals surface area contributed by atoms with E-state index < -0.39 is 66.1 Å². The molecule has 0 bridgehead atoms. The minimum absolute atomic E-state index is 0.00439. The fourth-order valence-electron chi connectivity index (χ4n) is 3.44. The monoisotopic (exact) mass is 503 g/mol. The number of hydrogen-bond acceptors (Lipinski definition) is 11. The predicted molar refractivity (Wildman–Crippen MR) is 125 cm³/mol. The third kappa shape index (κ3) is 4.97. The summed E-state index contributed by atoms with van der Waals surface area (Å²) >= 11 is 0. The van der Waals surface area contributed by atoms with Crippen molar-refractivity contribution in [1.82, 2.24) is 14.6 Å². The third-order valence-corrected chi connectivity index (χ3v) is 5.52. The zero-order chi connectivity index (χ0) is 28.6. The molecule has 0 unspecified atom stereocenters. The van der Waals surface area contributed by atoms with Gasteiger partial charge in [-0.15, -0.1) is 0 Å². The number of fused-ring (bicyclic) bond motifs is 1. The predicted octanol–water partition coefficient (Wildman–Crippen LogP) is 1.76. The number of nitriles is 1. The summed E-state index contributed by atoms with van der Waals surface area (Å²) in [6, 6.07) is 4.91. The number of nitrogens with two attached hydrogens (primary N) is 1. The maximum absolute atomic E-state index is 12.8. The van der Waals surface area contributed by atoms with Crippen LogP contribution in [-0.4, -0.2) is 57.4 Å². The van der Waals surface area contributed by atoms with Crippen LogP contribution in [0.2, 0.25) is 0 Å². The standard InChI is InChI=1S/C24H31N5O7/c1-12(2)21(30)33-9-16-18(34-22(31)13(3)4)19(35-23(32)14(5)6)24(10-25,36-16)17-8-7-15-20(26)27-11-28-29(15)17/h7-8,11-14,16,18-19H,9H2,1-6H3,(H2,26,27,28)/t16-,18-,19-,24+/m1/s1/i9D2. The van der Waals surface area contributed by atoms with E-state index in [1.165, 1.54) is 30.5 Å². The Labute approximate surface area is 211 Å². The number of carbonyl (C=O) groups is 3. The van der Waals surface area contributed by atoms with Gasteiger partial charge in [-0.05, 0) is 12.1 Å². The van der Waals surface area contributed by atoms with Crippen molar-refractivity contribution in [2.75, 3.05) is 12.3 Å². The van der Waals surface area contributed by atoms with Crippen LogP contribution in [-0.2, 0) is 38.9 Å². The highest BCUT2D eigenvalue weighted by Crippen LogP contribution is 2.44. The number of hydrogen-bond donors (Lipinski definition) is 1. The molecule has 2 N–H and O–H groups in total. The van der Waals surface area contributed by atoms with Gasteiger partial charge < -0.3 is 24.7 Å².